The third-order valence-corrected chi connectivity index (χ3v) is 5.55. The lowest BCUT2D eigenvalue weighted by atomic mass is 9.98. The summed E-state index contributed by atoms with van der Waals surface area (Å²) in [4.78, 5) is 15.0. The topological polar surface area (TPSA) is 38.8 Å². The van der Waals surface area contributed by atoms with Crippen molar-refractivity contribution >= 4 is 29.1 Å². The third kappa shape index (κ3) is 5.08. The molecule has 1 amide bonds. The minimum Gasteiger partial charge on any atom is -0.497 e. The van der Waals surface area contributed by atoms with Gasteiger partial charge in [0.15, 0.2) is 0 Å². The van der Waals surface area contributed by atoms with E-state index in [2.05, 4.69) is 0 Å². The van der Waals surface area contributed by atoms with E-state index in [1.54, 1.807) is 31.4 Å². The van der Waals surface area contributed by atoms with Crippen LogP contribution in [0, 0.1) is 0 Å². The Kier molecular flexibility index (Phi) is 6.86. The predicted molar refractivity (Wildman–Crippen MR) is 108 cm³/mol. The van der Waals surface area contributed by atoms with Gasteiger partial charge in [0.2, 0.25) is 0 Å². The molecule has 0 saturated carbocycles. The van der Waals surface area contributed by atoms with Gasteiger partial charge >= 0.3 is 0 Å². The molecule has 6 heteroatoms. The molecule has 144 valence electrons. The van der Waals surface area contributed by atoms with Crippen molar-refractivity contribution in [2.75, 3.05) is 20.3 Å². The Labute approximate surface area is 170 Å². The van der Waals surface area contributed by atoms with Gasteiger partial charge < -0.3 is 14.4 Å². The van der Waals surface area contributed by atoms with Gasteiger partial charge in [0, 0.05) is 30.6 Å². The minimum atomic E-state index is 0.0492. The van der Waals surface area contributed by atoms with Crippen molar-refractivity contribution in [1.82, 2.24) is 4.90 Å². The number of ether oxygens (including phenoxy) is 2. The van der Waals surface area contributed by atoms with Gasteiger partial charge in [0.1, 0.15) is 11.5 Å². The van der Waals surface area contributed by atoms with E-state index in [0.29, 0.717) is 33.7 Å². The maximum absolute atomic E-state index is 13.0. The number of hydrogen-bond donors (Lipinski definition) is 0. The third-order valence-electron chi connectivity index (χ3n) is 4.82. The lowest BCUT2D eigenvalue weighted by molar-refractivity contribution is 0.0580. The highest BCUT2D eigenvalue weighted by Gasteiger charge is 2.27. The van der Waals surface area contributed by atoms with E-state index in [0.717, 1.165) is 32.2 Å². The summed E-state index contributed by atoms with van der Waals surface area (Å²) >= 11 is 12.0. The van der Waals surface area contributed by atoms with Crippen LogP contribution < -0.4 is 9.47 Å². The Morgan fingerprint density at radius 1 is 1.11 bits per heavy atom. The zero-order valence-electron chi connectivity index (χ0n) is 15.3. The molecular weight excluding hydrogens is 385 g/mol. The first-order valence-electron chi connectivity index (χ1n) is 9.11. The van der Waals surface area contributed by atoms with Crippen LogP contribution in [0.25, 0.3) is 0 Å². The van der Waals surface area contributed by atoms with Crippen LogP contribution >= 0.6 is 23.2 Å². The van der Waals surface area contributed by atoms with Crippen LogP contribution in [0.2, 0.25) is 10.0 Å². The van der Waals surface area contributed by atoms with Gasteiger partial charge in [-0.05, 0) is 49.6 Å². The molecule has 0 radical (unpaired) electrons. The van der Waals surface area contributed by atoms with Gasteiger partial charge in [-0.15, -0.1) is 0 Å². The number of methoxy groups -OCH3 is 1. The van der Waals surface area contributed by atoms with Crippen LogP contribution in [0.3, 0.4) is 0 Å². The van der Waals surface area contributed by atoms with E-state index in [1.807, 2.05) is 23.1 Å². The van der Waals surface area contributed by atoms with E-state index in [1.165, 1.54) is 0 Å². The Morgan fingerprint density at radius 2 is 1.96 bits per heavy atom. The van der Waals surface area contributed by atoms with Gasteiger partial charge in [-0.1, -0.05) is 29.3 Å². The van der Waals surface area contributed by atoms with Crippen LogP contribution in [0.5, 0.6) is 11.5 Å². The second-order valence-electron chi connectivity index (χ2n) is 6.59. The first kappa shape index (κ1) is 19.8. The summed E-state index contributed by atoms with van der Waals surface area (Å²) in [5.41, 5.74) is 0.659. The quantitative estimate of drug-likeness (QED) is 0.637. The van der Waals surface area contributed by atoms with Crippen molar-refractivity contribution in [1.29, 1.82) is 0 Å². The van der Waals surface area contributed by atoms with Crippen LogP contribution in [0.15, 0.2) is 42.5 Å². The molecule has 0 spiro atoms. The van der Waals surface area contributed by atoms with Gasteiger partial charge in [-0.2, -0.15) is 0 Å². The van der Waals surface area contributed by atoms with E-state index in [9.17, 15) is 4.79 Å². The van der Waals surface area contributed by atoms with E-state index in [4.69, 9.17) is 32.7 Å². The van der Waals surface area contributed by atoms with Gasteiger partial charge in [-0.25, -0.2) is 0 Å². The summed E-state index contributed by atoms with van der Waals surface area (Å²) in [6.45, 7) is 1.29. The monoisotopic (exact) mass is 407 g/mol. The Hall–Kier alpha value is -1.91. The molecule has 1 aliphatic heterocycles. The maximum Gasteiger partial charge on any atom is 0.254 e. The molecule has 1 heterocycles. The molecule has 27 heavy (non-hydrogen) atoms. The number of amides is 1. The molecule has 0 N–H and O–H groups in total. The van der Waals surface area contributed by atoms with Crippen molar-refractivity contribution in [3.8, 4) is 11.5 Å². The minimum absolute atomic E-state index is 0.0492. The number of halogens is 2. The molecule has 0 aliphatic carbocycles. The number of carbonyl (C=O) groups excluding carboxylic acids is 1. The SMILES string of the molecule is COc1cccc(C(=O)N2CCCCC2CCOc2ccc(Cl)c(Cl)c2)c1. The Morgan fingerprint density at radius 3 is 2.74 bits per heavy atom. The highest BCUT2D eigenvalue weighted by atomic mass is 35.5. The first-order valence-corrected chi connectivity index (χ1v) is 9.87. The molecule has 1 aliphatic rings. The van der Waals surface area contributed by atoms with Crippen LogP contribution in [-0.4, -0.2) is 37.1 Å². The highest BCUT2D eigenvalue weighted by Crippen LogP contribution is 2.27. The highest BCUT2D eigenvalue weighted by molar-refractivity contribution is 6.42. The number of likely N-dealkylation sites (tertiary alicyclic amines) is 1. The number of carbonyl (C=O) groups is 1. The second-order valence-corrected chi connectivity index (χ2v) is 7.41. The van der Waals surface area contributed by atoms with Crippen molar-refractivity contribution in [2.24, 2.45) is 0 Å². The fourth-order valence-electron chi connectivity index (χ4n) is 3.37. The molecular formula is C21H23Cl2NO3. The zero-order valence-corrected chi connectivity index (χ0v) is 16.8. The lowest BCUT2D eigenvalue weighted by Gasteiger charge is -2.36. The van der Waals surface area contributed by atoms with E-state index >= 15 is 0 Å². The predicted octanol–water partition coefficient (Wildman–Crippen LogP) is 5.47. The number of piperidine rings is 1. The molecule has 3 rings (SSSR count). The molecule has 0 bridgehead atoms. The molecule has 2 aromatic carbocycles. The smallest absolute Gasteiger partial charge is 0.254 e. The number of benzene rings is 2. The van der Waals surface area contributed by atoms with Crippen LogP contribution in [0.1, 0.15) is 36.0 Å². The van der Waals surface area contributed by atoms with Crippen molar-refractivity contribution in [3.05, 3.63) is 58.1 Å². The van der Waals surface area contributed by atoms with Crippen LogP contribution in [-0.2, 0) is 0 Å². The molecule has 2 aromatic rings. The largest absolute Gasteiger partial charge is 0.497 e. The number of nitrogens with zero attached hydrogens (tertiary/aromatic N) is 1. The Balaban J connectivity index is 1.62. The summed E-state index contributed by atoms with van der Waals surface area (Å²) in [5, 5.41) is 0.980. The van der Waals surface area contributed by atoms with Crippen molar-refractivity contribution in [2.45, 2.75) is 31.7 Å². The molecule has 1 atom stereocenters. The van der Waals surface area contributed by atoms with Crippen molar-refractivity contribution in [3.63, 3.8) is 0 Å². The molecule has 1 saturated heterocycles. The summed E-state index contributed by atoms with van der Waals surface area (Å²) in [6.07, 6.45) is 3.91. The Bertz CT molecular complexity index is 797. The van der Waals surface area contributed by atoms with E-state index in [-0.39, 0.29) is 11.9 Å². The fourth-order valence-corrected chi connectivity index (χ4v) is 3.66. The molecule has 0 aromatic heterocycles. The molecule has 4 nitrogen and oxygen atoms in total. The summed E-state index contributed by atoms with van der Waals surface area (Å²) in [5.74, 6) is 1.43. The number of rotatable bonds is 6. The zero-order chi connectivity index (χ0) is 19.2. The summed E-state index contributed by atoms with van der Waals surface area (Å²) in [6, 6.07) is 12.7. The first-order chi connectivity index (χ1) is 13.1. The fraction of sp³-hybridized carbons (Fsp3) is 0.381. The van der Waals surface area contributed by atoms with Crippen LogP contribution in [0.4, 0.5) is 0 Å². The summed E-state index contributed by atoms with van der Waals surface area (Å²) in [7, 11) is 1.60. The standard InChI is InChI=1S/C21H23Cl2NO3/c1-26-17-7-4-5-15(13-17)21(25)24-11-3-2-6-16(24)10-12-27-18-8-9-19(22)20(23)14-18/h4-5,7-9,13-14,16H,2-3,6,10-12H2,1H3. The second kappa shape index (κ2) is 9.34. The average Bonchev–Trinajstić information content (AvgIpc) is 2.70. The molecule has 1 fully saturated rings. The maximum atomic E-state index is 13.0. The van der Waals surface area contributed by atoms with Crippen molar-refractivity contribution < 1.29 is 14.3 Å². The average molecular weight is 408 g/mol. The normalized spacial score (nSPS) is 16.9. The lowest BCUT2D eigenvalue weighted by Crippen LogP contribution is -2.44. The van der Waals surface area contributed by atoms with Gasteiger partial charge in [0.25, 0.3) is 5.91 Å². The molecule has 1 unspecified atom stereocenters. The summed E-state index contributed by atoms with van der Waals surface area (Å²) < 4.78 is 11.1. The van der Waals surface area contributed by atoms with E-state index < -0.39 is 0 Å². The number of hydrogen-bond acceptors (Lipinski definition) is 3. The van der Waals surface area contributed by atoms with Gasteiger partial charge in [-0.3, -0.25) is 4.79 Å². The van der Waals surface area contributed by atoms with Gasteiger partial charge in [0.05, 0.1) is 23.8 Å².